The quantitative estimate of drug-likeness (QED) is 0.604. The molecule has 13 heavy (non-hydrogen) atoms. The molecule has 0 aromatic rings. The van der Waals surface area contributed by atoms with Crippen molar-refractivity contribution < 1.29 is 0 Å². The van der Waals surface area contributed by atoms with Gasteiger partial charge in [0.1, 0.15) is 0 Å². The highest BCUT2D eigenvalue weighted by Crippen LogP contribution is 2.16. The molecule has 0 heterocycles. The van der Waals surface area contributed by atoms with E-state index in [9.17, 15) is 0 Å². The van der Waals surface area contributed by atoms with E-state index in [1.807, 2.05) is 0 Å². The van der Waals surface area contributed by atoms with E-state index in [0.29, 0.717) is 6.04 Å². The topological polar surface area (TPSA) is 24.1 Å². The first kappa shape index (κ1) is 11.2. The first-order chi connectivity index (χ1) is 6.33. The summed E-state index contributed by atoms with van der Waals surface area (Å²) < 4.78 is 0. The monoisotopic (exact) mass is 264 g/mol. The van der Waals surface area contributed by atoms with Crippen molar-refractivity contribution in [1.82, 2.24) is 10.6 Å². The van der Waals surface area contributed by atoms with Crippen LogP contribution in [0.1, 0.15) is 32.1 Å². The molecule has 1 fully saturated rings. The molecule has 1 aliphatic rings. The van der Waals surface area contributed by atoms with Crippen LogP contribution in [0.25, 0.3) is 0 Å². The Kier molecular flexibility index (Phi) is 5.71. The number of halogens is 1. The molecule has 4 heteroatoms. The molecule has 0 aromatic carbocycles. The van der Waals surface area contributed by atoms with E-state index in [4.69, 9.17) is 12.2 Å². The molecule has 76 valence electrons. The van der Waals surface area contributed by atoms with Crippen molar-refractivity contribution >= 4 is 33.3 Å². The SMILES string of the molecule is S=C(NCCBr)NC1CCCCC1. The Morgan fingerprint density at radius 1 is 1.31 bits per heavy atom. The standard InChI is InChI=1S/C9H17BrN2S/c10-6-7-11-9(13)12-8-4-2-1-3-5-8/h8H,1-7H2,(H2,11,12,13). The van der Waals surface area contributed by atoms with E-state index in [0.717, 1.165) is 17.0 Å². The number of alkyl halides is 1. The second-order valence-corrected chi connectivity index (χ2v) is 4.63. The minimum absolute atomic E-state index is 0.615. The molecule has 0 aromatic heterocycles. The summed E-state index contributed by atoms with van der Waals surface area (Å²) >= 11 is 8.51. The van der Waals surface area contributed by atoms with Crippen molar-refractivity contribution in [2.24, 2.45) is 0 Å². The highest BCUT2D eigenvalue weighted by atomic mass is 79.9. The highest BCUT2D eigenvalue weighted by Gasteiger charge is 2.13. The molecule has 1 aliphatic carbocycles. The number of hydrogen-bond donors (Lipinski definition) is 2. The molecule has 0 amide bonds. The van der Waals surface area contributed by atoms with E-state index < -0.39 is 0 Å². The van der Waals surface area contributed by atoms with E-state index in [1.54, 1.807) is 0 Å². The lowest BCUT2D eigenvalue weighted by atomic mass is 9.96. The van der Waals surface area contributed by atoms with Crippen molar-refractivity contribution in [1.29, 1.82) is 0 Å². The zero-order valence-corrected chi connectivity index (χ0v) is 10.2. The summed E-state index contributed by atoms with van der Waals surface area (Å²) in [6.45, 7) is 0.901. The molecule has 0 spiro atoms. The Hall–Kier alpha value is 0.170. The average molecular weight is 265 g/mol. The predicted molar refractivity (Wildman–Crippen MR) is 64.4 cm³/mol. The van der Waals surface area contributed by atoms with Gasteiger partial charge in [0.2, 0.25) is 0 Å². The summed E-state index contributed by atoms with van der Waals surface area (Å²) in [5.41, 5.74) is 0. The van der Waals surface area contributed by atoms with Crippen molar-refractivity contribution in [2.75, 3.05) is 11.9 Å². The third-order valence-electron chi connectivity index (χ3n) is 2.32. The van der Waals surface area contributed by atoms with E-state index in [-0.39, 0.29) is 0 Å². The Morgan fingerprint density at radius 3 is 2.62 bits per heavy atom. The maximum atomic E-state index is 5.16. The zero-order valence-electron chi connectivity index (χ0n) is 7.81. The molecule has 0 radical (unpaired) electrons. The van der Waals surface area contributed by atoms with Gasteiger partial charge in [-0.15, -0.1) is 0 Å². The lowest BCUT2D eigenvalue weighted by Gasteiger charge is -2.24. The average Bonchev–Trinajstić information content (AvgIpc) is 2.16. The van der Waals surface area contributed by atoms with Gasteiger partial charge in [0.15, 0.2) is 5.11 Å². The van der Waals surface area contributed by atoms with Gasteiger partial charge in [0.25, 0.3) is 0 Å². The van der Waals surface area contributed by atoms with Crippen LogP contribution in [0.2, 0.25) is 0 Å². The van der Waals surface area contributed by atoms with Crippen LogP contribution in [0, 0.1) is 0 Å². The van der Waals surface area contributed by atoms with Gasteiger partial charge >= 0.3 is 0 Å². The van der Waals surface area contributed by atoms with Crippen LogP contribution >= 0.6 is 28.1 Å². The Balaban J connectivity index is 2.11. The minimum atomic E-state index is 0.615. The van der Waals surface area contributed by atoms with Gasteiger partial charge in [-0.25, -0.2) is 0 Å². The van der Waals surface area contributed by atoms with Gasteiger partial charge in [-0.05, 0) is 25.1 Å². The predicted octanol–water partition coefficient (Wildman–Crippen LogP) is 2.18. The van der Waals surface area contributed by atoms with E-state index in [2.05, 4.69) is 26.6 Å². The van der Waals surface area contributed by atoms with Crippen molar-refractivity contribution in [3.8, 4) is 0 Å². The normalized spacial score (nSPS) is 18.2. The smallest absolute Gasteiger partial charge is 0.166 e. The van der Waals surface area contributed by atoms with E-state index >= 15 is 0 Å². The van der Waals surface area contributed by atoms with Gasteiger partial charge in [-0.2, -0.15) is 0 Å². The fraction of sp³-hybridized carbons (Fsp3) is 0.889. The minimum Gasteiger partial charge on any atom is -0.362 e. The van der Waals surface area contributed by atoms with Crippen LogP contribution in [0.3, 0.4) is 0 Å². The lowest BCUT2D eigenvalue weighted by Crippen LogP contribution is -2.43. The summed E-state index contributed by atoms with van der Waals surface area (Å²) in [6.07, 6.45) is 6.63. The van der Waals surface area contributed by atoms with E-state index in [1.165, 1.54) is 32.1 Å². The van der Waals surface area contributed by atoms with Crippen molar-refractivity contribution in [3.05, 3.63) is 0 Å². The van der Waals surface area contributed by atoms with Crippen molar-refractivity contribution in [3.63, 3.8) is 0 Å². The summed E-state index contributed by atoms with van der Waals surface area (Å²) in [6, 6.07) is 0.615. The fourth-order valence-corrected chi connectivity index (χ4v) is 2.11. The lowest BCUT2D eigenvalue weighted by molar-refractivity contribution is 0.412. The molecule has 0 aliphatic heterocycles. The molecule has 0 saturated heterocycles. The van der Waals surface area contributed by atoms with Crippen LogP contribution in [0.4, 0.5) is 0 Å². The fourth-order valence-electron chi connectivity index (χ4n) is 1.64. The molecule has 1 rings (SSSR count). The third kappa shape index (κ3) is 4.81. The number of hydrogen-bond acceptors (Lipinski definition) is 1. The van der Waals surface area contributed by atoms with Crippen molar-refractivity contribution in [2.45, 2.75) is 38.1 Å². The maximum Gasteiger partial charge on any atom is 0.166 e. The first-order valence-electron chi connectivity index (χ1n) is 4.93. The van der Waals surface area contributed by atoms with Gasteiger partial charge in [0, 0.05) is 17.9 Å². The van der Waals surface area contributed by atoms with Crippen LogP contribution in [0.15, 0.2) is 0 Å². The summed E-state index contributed by atoms with van der Waals surface area (Å²) in [4.78, 5) is 0. The van der Waals surface area contributed by atoms with Crippen LogP contribution < -0.4 is 10.6 Å². The molecule has 0 bridgehead atoms. The second kappa shape index (κ2) is 6.60. The second-order valence-electron chi connectivity index (χ2n) is 3.42. The molecule has 1 saturated carbocycles. The summed E-state index contributed by atoms with van der Waals surface area (Å²) in [5.74, 6) is 0. The zero-order chi connectivity index (χ0) is 9.52. The molecule has 2 N–H and O–H groups in total. The van der Waals surface area contributed by atoms with Crippen LogP contribution in [0.5, 0.6) is 0 Å². The molecule has 0 atom stereocenters. The van der Waals surface area contributed by atoms with Gasteiger partial charge in [-0.1, -0.05) is 35.2 Å². The van der Waals surface area contributed by atoms with Crippen LogP contribution in [-0.4, -0.2) is 23.0 Å². The first-order valence-corrected chi connectivity index (χ1v) is 6.46. The van der Waals surface area contributed by atoms with Gasteiger partial charge in [-0.3, -0.25) is 0 Å². The Labute approximate surface area is 94.0 Å². The molecule has 2 nitrogen and oxygen atoms in total. The molecule has 0 unspecified atom stereocenters. The highest BCUT2D eigenvalue weighted by molar-refractivity contribution is 9.09. The summed E-state index contributed by atoms with van der Waals surface area (Å²) in [7, 11) is 0. The third-order valence-corrected chi connectivity index (χ3v) is 2.98. The molecular formula is C9H17BrN2S. The summed E-state index contributed by atoms with van der Waals surface area (Å²) in [5, 5.41) is 8.26. The van der Waals surface area contributed by atoms with Gasteiger partial charge in [0.05, 0.1) is 0 Å². The Morgan fingerprint density at radius 2 is 2.00 bits per heavy atom. The van der Waals surface area contributed by atoms with Gasteiger partial charge < -0.3 is 10.6 Å². The maximum absolute atomic E-state index is 5.16. The number of nitrogens with one attached hydrogen (secondary N) is 2. The largest absolute Gasteiger partial charge is 0.362 e. The Bertz CT molecular complexity index is 158. The number of rotatable bonds is 3. The molecular weight excluding hydrogens is 248 g/mol. The van der Waals surface area contributed by atoms with Crippen LogP contribution in [-0.2, 0) is 0 Å². The number of thiocarbonyl (C=S) groups is 1.